The summed E-state index contributed by atoms with van der Waals surface area (Å²) in [6.45, 7) is 0. The first kappa shape index (κ1) is 9.25. The second-order valence-electron chi connectivity index (χ2n) is 2.35. The van der Waals surface area contributed by atoms with Gasteiger partial charge in [0.15, 0.2) is 0 Å². The number of rotatable bonds is 3. The number of hydrazone groups is 1. The molecule has 1 rings (SSSR count). The highest BCUT2D eigenvalue weighted by atomic mass is 16.1. The lowest BCUT2D eigenvalue weighted by Crippen LogP contribution is -2.19. The molecule has 0 fully saturated rings. The van der Waals surface area contributed by atoms with E-state index in [-0.39, 0.29) is 5.91 Å². The normalized spacial score (nSPS) is 9.92. The maximum Gasteiger partial charge on any atom is 0.263 e. The molecule has 0 saturated carbocycles. The van der Waals surface area contributed by atoms with Crippen LogP contribution in [-0.4, -0.2) is 19.2 Å². The average molecular weight is 177 g/mol. The topological polar surface area (TPSA) is 53.5 Å². The highest BCUT2D eigenvalue weighted by Crippen LogP contribution is 2.03. The molecule has 0 bridgehead atoms. The molecule has 0 aromatic heterocycles. The quantitative estimate of drug-likeness (QED) is 0.530. The van der Waals surface area contributed by atoms with E-state index in [1.54, 1.807) is 7.05 Å². The van der Waals surface area contributed by atoms with E-state index in [0.29, 0.717) is 0 Å². The monoisotopic (exact) mass is 177 g/mol. The van der Waals surface area contributed by atoms with Crippen molar-refractivity contribution >= 4 is 17.8 Å². The lowest BCUT2D eigenvalue weighted by Gasteiger charge is -1.97. The zero-order valence-electron chi connectivity index (χ0n) is 7.32. The second kappa shape index (κ2) is 4.92. The van der Waals surface area contributed by atoms with Gasteiger partial charge in [-0.15, -0.1) is 0 Å². The molecule has 1 aromatic rings. The van der Waals surface area contributed by atoms with E-state index in [4.69, 9.17) is 0 Å². The Hall–Kier alpha value is -1.84. The number of carbonyl (C=O) groups is 1. The van der Waals surface area contributed by atoms with Crippen LogP contribution in [0, 0.1) is 0 Å². The van der Waals surface area contributed by atoms with Gasteiger partial charge in [-0.1, -0.05) is 18.2 Å². The van der Waals surface area contributed by atoms with E-state index in [1.807, 2.05) is 30.3 Å². The van der Waals surface area contributed by atoms with Gasteiger partial charge in [0.1, 0.15) is 6.21 Å². The number of benzene rings is 1. The molecule has 0 saturated heterocycles. The van der Waals surface area contributed by atoms with Gasteiger partial charge in [-0.05, 0) is 12.1 Å². The number of nitrogens with zero attached hydrogens (tertiary/aromatic N) is 1. The summed E-state index contributed by atoms with van der Waals surface area (Å²) in [5.41, 5.74) is 3.57. The van der Waals surface area contributed by atoms with Gasteiger partial charge in [0.05, 0.1) is 5.69 Å². The minimum atomic E-state index is -0.233. The Morgan fingerprint density at radius 1 is 1.38 bits per heavy atom. The molecule has 0 aliphatic carbocycles. The molecule has 4 nitrogen and oxygen atoms in total. The number of amides is 1. The molecular formula is C9H11N3O. The van der Waals surface area contributed by atoms with Crippen LogP contribution in [0.2, 0.25) is 0 Å². The van der Waals surface area contributed by atoms with Gasteiger partial charge in [0, 0.05) is 7.05 Å². The highest BCUT2D eigenvalue weighted by Gasteiger charge is 1.88. The van der Waals surface area contributed by atoms with Gasteiger partial charge in [0.25, 0.3) is 5.91 Å². The molecule has 1 amide bonds. The summed E-state index contributed by atoms with van der Waals surface area (Å²) in [4.78, 5) is 10.7. The Balaban J connectivity index is 2.44. The third-order valence-corrected chi connectivity index (χ3v) is 1.40. The van der Waals surface area contributed by atoms with Gasteiger partial charge < -0.3 is 5.32 Å². The summed E-state index contributed by atoms with van der Waals surface area (Å²) in [6, 6.07) is 9.41. The Bertz CT molecular complexity index is 295. The predicted molar refractivity (Wildman–Crippen MR) is 52.6 cm³/mol. The summed E-state index contributed by atoms with van der Waals surface area (Å²) >= 11 is 0. The summed E-state index contributed by atoms with van der Waals surface area (Å²) in [5.74, 6) is -0.233. The summed E-state index contributed by atoms with van der Waals surface area (Å²) < 4.78 is 0. The number of hydrogen-bond acceptors (Lipinski definition) is 3. The number of anilines is 1. The number of nitrogens with one attached hydrogen (secondary N) is 2. The summed E-state index contributed by atoms with van der Waals surface area (Å²) in [5, 5.41) is 6.15. The number of para-hydroxylation sites is 1. The zero-order valence-corrected chi connectivity index (χ0v) is 7.32. The lowest BCUT2D eigenvalue weighted by molar-refractivity contribution is -0.113. The van der Waals surface area contributed by atoms with Crippen molar-refractivity contribution in [3.05, 3.63) is 30.3 Å². The van der Waals surface area contributed by atoms with E-state index < -0.39 is 0 Å². The summed E-state index contributed by atoms with van der Waals surface area (Å²) in [6.07, 6.45) is 1.19. The first-order valence-corrected chi connectivity index (χ1v) is 3.89. The van der Waals surface area contributed by atoms with Crippen molar-refractivity contribution in [1.82, 2.24) is 5.32 Å². The average Bonchev–Trinajstić information content (AvgIpc) is 2.19. The lowest BCUT2D eigenvalue weighted by atomic mass is 10.3. The molecule has 0 aliphatic rings. The third-order valence-electron chi connectivity index (χ3n) is 1.40. The molecule has 0 spiro atoms. The SMILES string of the molecule is CNC(=O)/C=N/Nc1ccccc1. The van der Waals surface area contributed by atoms with Crippen molar-refractivity contribution in [3.63, 3.8) is 0 Å². The van der Waals surface area contributed by atoms with E-state index in [1.165, 1.54) is 6.21 Å². The van der Waals surface area contributed by atoms with Crippen LogP contribution in [-0.2, 0) is 4.79 Å². The van der Waals surface area contributed by atoms with Crippen molar-refractivity contribution in [1.29, 1.82) is 0 Å². The van der Waals surface area contributed by atoms with Crippen LogP contribution >= 0.6 is 0 Å². The first-order chi connectivity index (χ1) is 6.33. The van der Waals surface area contributed by atoms with Gasteiger partial charge in [-0.3, -0.25) is 10.2 Å². The molecule has 0 heterocycles. The van der Waals surface area contributed by atoms with Crippen molar-refractivity contribution in [2.75, 3.05) is 12.5 Å². The minimum absolute atomic E-state index is 0.233. The largest absolute Gasteiger partial charge is 0.354 e. The van der Waals surface area contributed by atoms with Gasteiger partial charge in [-0.2, -0.15) is 5.10 Å². The van der Waals surface area contributed by atoms with Crippen molar-refractivity contribution in [3.8, 4) is 0 Å². The van der Waals surface area contributed by atoms with Crippen molar-refractivity contribution in [2.24, 2.45) is 5.10 Å². The van der Waals surface area contributed by atoms with E-state index >= 15 is 0 Å². The molecule has 2 N–H and O–H groups in total. The third kappa shape index (κ3) is 3.37. The number of hydrogen-bond donors (Lipinski definition) is 2. The van der Waals surface area contributed by atoms with E-state index in [9.17, 15) is 4.79 Å². The Labute approximate surface area is 76.7 Å². The molecule has 0 radical (unpaired) electrons. The fourth-order valence-electron chi connectivity index (χ4n) is 0.743. The Kier molecular flexibility index (Phi) is 3.50. The maximum atomic E-state index is 10.7. The molecule has 0 aliphatic heterocycles. The van der Waals surface area contributed by atoms with Crippen molar-refractivity contribution < 1.29 is 4.79 Å². The van der Waals surface area contributed by atoms with Gasteiger partial charge >= 0.3 is 0 Å². The highest BCUT2D eigenvalue weighted by molar-refractivity contribution is 6.26. The fourth-order valence-corrected chi connectivity index (χ4v) is 0.743. The van der Waals surface area contributed by atoms with Crippen LogP contribution in [0.15, 0.2) is 35.4 Å². The van der Waals surface area contributed by atoms with Crippen LogP contribution in [0.1, 0.15) is 0 Å². The summed E-state index contributed by atoms with van der Waals surface area (Å²) in [7, 11) is 1.55. The zero-order chi connectivity index (χ0) is 9.52. The molecular weight excluding hydrogens is 166 g/mol. The minimum Gasteiger partial charge on any atom is -0.354 e. The van der Waals surface area contributed by atoms with Crippen molar-refractivity contribution in [2.45, 2.75) is 0 Å². The Morgan fingerprint density at radius 3 is 2.69 bits per heavy atom. The van der Waals surface area contributed by atoms with E-state index in [2.05, 4.69) is 15.8 Å². The van der Waals surface area contributed by atoms with Gasteiger partial charge in [-0.25, -0.2) is 0 Å². The molecule has 1 aromatic carbocycles. The maximum absolute atomic E-state index is 10.7. The van der Waals surface area contributed by atoms with Crippen LogP contribution in [0.4, 0.5) is 5.69 Å². The fraction of sp³-hybridized carbons (Fsp3) is 0.111. The van der Waals surface area contributed by atoms with E-state index in [0.717, 1.165) is 5.69 Å². The van der Waals surface area contributed by atoms with Crippen LogP contribution in [0.3, 0.4) is 0 Å². The second-order valence-corrected chi connectivity index (χ2v) is 2.35. The first-order valence-electron chi connectivity index (χ1n) is 3.89. The molecule has 13 heavy (non-hydrogen) atoms. The molecule has 68 valence electrons. The van der Waals surface area contributed by atoms with Gasteiger partial charge in [0.2, 0.25) is 0 Å². The Morgan fingerprint density at radius 2 is 2.08 bits per heavy atom. The standard InChI is InChI=1S/C9H11N3O/c1-10-9(13)7-11-12-8-5-3-2-4-6-8/h2-7,12H,1H3,(H,10,13)/b11-7+. The molecule has 0 atom stereocenters. The van der Waals surface area contributed by atoms with Crippen LogP contribution in [0.25, 0.3) is 0 Å². The number of carbonyl (C=O) groups excluding carboxylic acids is 1. The van der Waals surface area contributed by atoms with Crippen LogP contribution < -0.4 is 10.7 Å². The smallest absolute Gasteiger partial charge is 0.263 e. The molecule has 4 heteroatoms. The molecule has 0 unspecified atom stereocenters. The van der Waals surface area contributed by atoms with Crippen LogP contribution in [0.5, 0.6) is 0 Å². The predicted octanol–water partition coefficient (Wildman–Crippen LogP) is 0.830.